The first-order chi connectivity index (χ1) is 12.6. The van der Waals surface area contributed by atoms with Crippen molar-refractivity contribution in [2.75, 3.05) is 0 Å². The van der Waals surface area contributed by atoms with Crippen molar-refractivity contribution in [3.8, 4) is 0 Å². The Balaban J connectivity index is 3.77. The molecule has 0 aliphatic rings. The highest BCUT2D eigenvalue weighted by atomic mass is 16.4. The molecule has 0 rings (SSSR count). The van der Waals surface area contributed by atoms with Gasteiger partial charge in [0.2, 0.25) is 0 Å². The summed E-state index contributed by atoms with van der Waals surface area (Å²) in [6, 6.07) is 0. The maximum atomic E-state index is 10.4. The topological polar surface area (TPSA) is 77.8 Å². The van der Waals surface area contributed by atoms with Crippen LogP contribution >= 0.6 is 0 Å². The van der Waals surface area contributed by atoms with Crippen LogP contribution in [0, 0.1) is 0 Å². The zero-order valence-electron chi connectivity index (χ0n) is 15.8. The van der Waals surface area contributed by atoms with Crippen molar-refractivity contribution in [2.45, 2.75) is 70.5 Å². The minimum Gasteiger partial charge on any atom is -0.481 e. The van der Waals surface area contributed by atoms with Crippen LogP contribution in [0.1, 0.15) is 58.3 Å². The number of carboxylic acids is 1. The summed E-state index contributed by atoms with van der Waals surface area (Å²) in [5.41, 5.74) is 0. The second kappa shape index (κ2) is 17.9. The molecule has 26 heavy (non-hydrogen) atoms. The van der Waals surface area contributed by atoms with E-state index in [-0.39, 0.29) is 6.42 Å². The minimum absolute atomic E-state index is 0.0805. The van der Waals surface area contributed by atoms with Crippen molar-refractivity contribution >= 4 is 5.97 Å². The summed E-state index contributed by atoms with van der Waals surface area (Å²) in [5, 5.41) is 28.2. The standard InChI is InChI=1S/C22H34O4/c1-2-3-4-5-6-7-8-9-10-11-12-14-17-20(23)21(24)18-15-13-16-19-22(25)26/h3-4,6-7,9-10,12-15,20-21,23-24H,2,5,8,11,16-19H2,1H3,(H,25,26)/b4-3+,7-6+,10-9+,14-12+,15-13+/t20-,21+/m1/s1. The maximum absolute atomic E-state index is 10.4. The molecule has 0 aromatic rings. The van der Waals surface area contributed by atoms with E-state index in [0.717, 1.165) is 25.7 Å². The van der Waals surface area contributed by atoms with Gasteiger partial charge < -0.3 is 15.3 Å². The van der Waals surface area contributed by atoms with Crippen LogP contribution in [0.15, 0.2) is 60.8 Å². The van der Waals surface area contributed by atoms with Crippen molar-refractivity contribution in [3.05, 3.63) is 60.8 Å². The molecule has 0 spiro atoms. The predicted octanol–water partition coefficient (Wildman–Crippen LogP) is 4.71. The molecule has 0 saturated heterocycles. The Morgan fingerprint density at radius 3 is 1.62 bits per heavy atom. The molecule has 0 fully saturated rings. The summed E-state index contributed by atoms with van der Waals surface area (Å²) in [5.74, 6) is -0.838. The molecule has 4 nitrogen and oxygen atoms in total. The molecule has 0 aromatic heterocycles. The van der Waals surface area contributed by atoms with Gasteiger partial charge in [0.05, 0.1) is 12.2 Å². The third kappa shape index (κ3) is 16.9. The Labute approximate surface area is 157 Å². The van der Waals surface area contributed by atoms with E-state index in [2.05, 4.69) is 43.4 Å². The zero-order chi connectivity index (χ0) is 19.5. The third-order valence-corrected chi connectivity index (χ3v) is 3.61. The molecule has 0 aromatic carbocycles. The lowest BCUT2D eigenvalue weighted by molar-refractivity contribution is -0.136. The van der Waals surface area contributed by atoms with E-state index in [1.165, 1.54) is 0 Å². The van der Waals surface area contributed by atoms with Gasteiger partial charge in [0.1, 0.15) is 0 Å². The number of allylic oxidation sites excluding steroid dienone is 8. The fourth-order valence-electron chi connectivity index (χ4n) is 2.09. The van der Waals surface area contributed by atoms with Crippen LogP contribution in [0.25, 0.3) is 0 Å². The number of aliphatic carboxylic acids is 1. The Morgan fingerprint density at radius 1 is 0.731 bits per heavy atom. The van der Waals surface area contributed by atoms with Gasteiger partial charge in [-0.25, -0.2) is 0 Å². The molecule has 2 atom stereocenters. The van der Waals surface area contributed by atoms with Gasteiger partial charge in [-0.3, -0.25) is 4.79 Å². The highest BCUT2D eigenvalue weighted by molar-refractivity contribution is 5.66. The van der Waals surface area contributed by atoms with Crippen molar-refractivity contribution in [3.63, 3.8) is 0 Å². The smallest absolute Gasteiger partial charge is 0.303 e. The first-order valence-corrected chi connectivity index (χ1v) is 9.40. The van der Waals surface area contributed by atoms with Gasteiger partial charge in [-0.1, -0.05) is 67.7 Å². The van der Waals surface area contributed by atoms with Crippen molar-refractivity contribution in [2.24, 2.45) is 0 Å². The average Bonchev–Trinajstić information content (AvgIpc) is 2.61. The van der Waals surface area contributed by atoms with E-state index >= 15 is 0 Å². The SMILES string of the molecule is CC/C=C/C/C=C/C/C=C/C/C=C/C[C@@H](O)[C@@H](O)C/C=C/CCC(=O)O. The molecule has 0 aliphatic heterocycles. The van der Waals surface area contributed by atoms with Crippen LogP contribution in [0.3, 0.4) is 0 Å². The van der Waals surface area contributed by atoms with Crippen LogP contribution in [0.4, 0.5) is 0 Å². The monoisotopic (exact) mass is 362 g/mol. The molecule has 0 saturated carbocycles. The van der Waals surface area contributed by atoms with Gasteiger partial charge in [0.15, 0.2) is 0 Å². The summed E-state index contributed by atoms with van der Waals surface area (Å²) in [6.07, 6.45) is 23.5. The van der Waals surface area contributed by atoms with E-state index in [1.807, 2.05) is 12.2 Å². The van der Waals surface area contributed by atoms with Gasteiger partial charge in [0, 0.05) is 6.42 Å². The Kier molecular flexibility index (Phi) is 16.6. The highest BCUT2D eigenvalue weighted by Gasteiger charge is 2.12. The quantitative estimate of drug-likeness (QED) is 0.369. The van der Waals surface area contributed by atoms with Gasteiger partial charge in [-0.05, 0) is 44.9 Å². The summed E-state index contributed by atoms with van der Waals surface area (Å²) in [7, 11) is 0. The summed E-state index contributed by atoms with van der Waals surface area (Å²) < 4.78 is 0. The maximum Gasteiger partial charge on any atom is 0.303 e. The van der Waals surface area contributed by atoms with Crippen molar-refractivity contribution in [1.82, 2.24) is 0 Å². The van der Waals surface area contributed by atoms with Gasteiger partial charge in [-0.15, -0.1) is 0 Å². The van der Waals surface area contributed by atoms with Crippen LogP contribution in [0.5, 0.6) is 0 Å². The Hall–Kier alpha value is -1.91. The molecular formula is C22H34O4. The van der Waals surface area contributed by atoms with Crippen molar-refractivity contribution < 1.29 is 20.1 Å². The third-order valence-electron chi connectivity index (χ3n) is 3.61. The van der Waals surface area contributed by atoms with Gasteiger partial charge in [0.25, 0.3) is 0 Å². The van der Waals surface area contributed by atoms with Gasteiger partial charge in [-0.2, -0.15) is 0 Å². The van der Waals surface area contributed by atoms with Crippen LogP contribution in [-0.2, 0) is 4.79 Å². The Bertz CT molecular complexity index is 486. The molecular weight excluding hydrogens is 328 g/mol. The first kappa shape index (κ1) is 24.1. The first-order valence-electron chi connectivity index (χ1n) is 9.40. The number of rotatable bonds is 15. The number of carboxylic acid groups (broad SMARTS) is 1. The number of hydrogen-bond acceptors (Lipinski definition) is 3. The van der Waals surface area contributed by atoms with E-state index in [0.29, 0.717) is 19.3 Å². The largest absolute Gasteiger partial charge is 0.481 e. The summed E-state index contributed by atoms with van der Waals surface area (Å²) >= 11 is 0. The molecule has 146 valence electrons. The van der Waals surface area contributed by atoms with E-state index in [4.69, 9.17) is 5.11 Å². The summed E-state index contributed by atoms with van der Waals surface area (Å²) in [6.45, 7) is 2.12. The van der Waals surface area contributed by atoms with Crippen LogP contribution in [0.2, 0.25) is 0 Å². The minimum atomic E-state index is -0.838. The lowest BCUT2D eigenvalue weighted by Gasteiger charge is -2.14. The lowest BCUT2D eigenvalue weighted by atomic mass is 10.1. The summed E-state index contributed by atoms with van der Waals surface area (Å²) in [4.78, 5) is 10.4. The highest BCUT2D eigenvalue weighted by Crippen LogP contribution is 2.06. The van der Waals surface area contributed by atoms with E-state index in [1.54, 1.807) is 12.2 Å². The second-order valence-corrected chi connectivity index (χ2v) is 6.01. The molecule has 3 N–H and O–H groups in total. The predicted molar refractivity (Wildman–Crippen MR) is 108 cm³/mol. The van der Waals surface area contributed by atoms with Gasteiger partial charge >= 0.3 is 5.97 Å². The molecule has 0 bridgehead atoms. The molecule has 0 unspecified atom stereocenters. The van der Waals surface area contributed by atoms with E-state index < -0.39 is 18.2 Å². The Morgan fingerprint density at radius 2 is 1.15 bits per heavy atom. The average molecular weight is 363 g/mol. The number of aliphatic hydroxyl groups excluding tert-OH is 2. The van der Waals surface area contributed by atoms with Crippen molar-refractivity contribution in [1.29, 1.82) is 0 Å². The molecule has 4 heteroatoms. The molecule has 0 radical (unpaired) electrons. The lowest BCUT2D eigenvalue weighted by Crippen LogP contribution is -2.24. The normalized spacial score (nSPS) is 15.2. The number of carbonyl (C=O) groups is 1. The van der Waals surface area contributed by atoms with Crippen LogP contribution < -0.4 is 0 Å². The second-order valence-electron chi connectivity index (χ2n) is 6.01. The number of hydrogen-bond donors (Lipinski definition) is 3. The fourth-order valence-corrected chi connectivity index (χ4v) is 2.09. The van der Waals surface area contributed by atoms with Crippen LogP contribution in [-0.4, -0.2) is 33.5 Å². The molecule has 0 amide bonds. The fraction of sp³-hybridized carbons (Fsp3) is 0.500. The van der Waals surface area contributed by atoms with E-state index in [9.17, 15) is 15.0 Å². The number of aliphatic hydroxyl groups is 2. The molecule has 0 heterocycles. The molecule has 0 aliphatic carbocycles. The zero-order valence-corrected chi connectivity index (χ0v) is 15.8.